The molecule has 9 nitrogen and oxygen atoms in total. The minimum atomic E-state index is -0.442. The van der Waals surface area contributed by atoms with Crippen LogP contribution in [0.4, 0.5) is 20.2 Å². The predicted octanol–water partition coefficient (Wildman–Crippen LogP) is 4.99. The van der Waals surface area contributed by atoms with Crippen LogP contribution in [0.3, 0.4) is 0 Å². The Morgan fingerprint density at radius 2 is 1.10 bits per heavy atom. The van der Waals surface area contributed by atoms with Gasteiger partial charge in [-0.1, -0.05) is 51.3 Å². The summed E-state index contributed by atoms with van der Waals surface area (Å²) in [5, 5.41) is 9.06. The van der Waals surface area contributed by atoms with E-state index in [4.69, 9.17) is 17.6 Å². The van der Waals surface area contributed by atoms with Crippen LogP contribution in [-0.4, -0.2) is 44.2 Å². The second-order valence-corrected chi connectivity index (χ2v) is 9.85. The second-order valence-electron chi connectivity index (χ2n) is 9.85. The smallest absolute Gasteiger partial charge is 0.512 e. The van der Waals surface area contributed by atoms with Crippen molar-refractivity contribution in [2.75, 3.05) is 18.1 Å². The van der Waals surface area contributed by atoms with E-state index in [1.165, 1.54) is 12.1 Å². The Morgan fingerprint density at radius 1 is 0.653 bits per heavy atom. The maximum absolute atomic E-state index is 13.9. The van der Waals surface area contributed by atoms with Gasteiger partial charge in [0.25, 0.3) is 0 Å². The fraction of sp³-hybridized carbons (Fsp3) is 0.0833. The summed E-state index contributed by atoms with van der Waals surface area (Å²) in [5.74, 6) is 0.459. The predicted molar refractivity (Wildman–Crippen MR) is 190 cm³/mol. The number of fused-ring (bicyclic) bond motifs is 6. The first-order valence-corrected chi connectivity index (χ1v) is 13.7. The molecule has 0 spiro atoms. The number of aromatic nitrogens is 6. The first-order valence-electron chi connectivity index (χ1n) is 13.7. The maximum atomic E-state index is 13.9. The molecule has 13 heteroatoms. The number of anilines is 2. The van der Waals surface area contributed by atoms with Gasteiger partial charge in [-0.25, -0.2) is 28.7 Å². The molecule has 0 aliphatic rings. The zero-order valence-corrected chi connectivity index (χ0v) is 27.4. The Morgan fingerprint density at radius 3 is 1.55 bits per heavy atom. The van der Waals surface area contributed by atoms with Crippen molar-refractivity contribution in [2.45, 2.75) is 14.9 Å². The first-order chi connectivity index (χ1) is 22.0. The van der Waals surface area contributed by atoms with Crippen molar-refractivity contribution in [3.63, 3.8) is 0 Å². The Balaban J connectivity index is 0.000000301. The molecule has 49 heavy (non-hydrogen) atoms. The Labute approximate surface area is 307 Å². The van der Waals surface area contributed by atoms with Gasteiger partial charge < -0.3 is 22.9 Å². The minimum Gasteiger partial charge on any atom is -0.512 e. The van der Waals surface area contributed by atoms with E-state index < -0.39 is 5.82 Å². The number of hydrogen-bond acceptors (Lipinski definition) is 7. The van der Waals surface area contributed by atoms with Gasteiger partial charge in [-0.15, -0.1) is 0 Å². The Kier molecular flexibility index (Phi) is 14.0. The standard InChI is InChI=1S/C17H13FN4.C16H11FN4.CN.2CH4.B.Na/c1-19-14-7-6-11(10-12(14)18)13-8-9-22-16-5-3-2-4-15(16)21-17(22)20-13;17-11-9-10(5-6-12(11)18)13-7-8-21-15-4-2-1-3-14(15)20-16(21)19-13;1-2;;;;/h2-10,19H,1H3;1-9H,18H2;;2*1H4;;/q;;-1;;;;+1. The molecule has 4 aromatic heterocycles. The largest absolute Gasteiger partial charge is 1.00 e. The minimum absolute atomic E-state index is 0. The van der Waals surface area contributed by atoms with Gasteiger partial charge in [-0.05, 0) is 60.7 Å². The number of nitrogens with zero attached hydrogens (tertiary/aromatic N) is 7. The molecular weight excluding hydrogens is 630 g/mol. The van der Waals surface area contributed by atoms with Crippen LogP contribution in [0, 0.1) is 23.5 Å². The van der Waals surface area contributed by atoms with Crippen molar-refractivity contribution in [3.05, 3.63) is 128 Å². The monoisotopic (exact) mass is 662 g/mol. The summed E-state index contributed by atoms with van der Waals surface area (Å²) < 4.78 is 31.3. The average molecular weight is 663 g/mol. The molecule has 4 heterocycles. The van der Waals surface area contributed by atoms with E-state index in [0.717, 1.165) is 27.6 Å². The molecule has 0 aliphatic carbocycles. The summed E-state index contributed by atoms with van der Waals surface area (Å²) in [5.41, 5.74) is 12.6. The number of nitrogens with one attached hydrogen (secondary N) is 1. The summed E-state index contributed by atoms with van der Waals surface area (Å²) in [7, 11) is 1.69. The SMILES string of the molecule is C.C.CNc1ccc(-c2ccn3c(n2)nc2ccccc23)cc1F.Nc1ccc(-c2ccn3c(n2)nc2ccccc23)cc1F.[B].[C-]#N.[Na+]. The molecular formula is C36H32BF2N9Na. The number of benzene rings is 4. The number of nitrogens with two attached hydrogens (primary N) is 1. The number of hydrogen-bond donors (Lipinski definition) is 2. The van der Waals surface area contributed by atoms with Crippen molar-refractivity contribution in [1.29, 1.82) is 5.26 Å². The number of imidazole rings is 2. The van der Waals surface area contributed by atoms with Gasteiger partial charge >= 0.3 is 29.6 Å². The van der Waals surface area contributed by atoms with Crippen molar-refractivity contribution < 1.29 is 38.3 Å². The quantitative estimate of drug-likeness (QED) is 0.155. The molecule has 0 fully saturated rings. The molecule has 0 amide bonds. The first kappa shape index (κ1) is 39.8. The molecule has 0 saturated carbocycles. The average Bonchev–Trinajstić information content (AvgIpc) is 3.64. The van der Waals surface area contributed by atoms with Crippen LogP contribution in [0.15, 0.2) is 109 Å². The maximum Gasteiger partial charge on any atom is 1.00 e. The van der Waals surface area contributed by atoms with Gasteiger partial charge in [-0.2, -0.15) is 0 Å². The molecule has 0 atom stereocenters. The molecule has 0 saturated heterocycles. The normalized spacial score (nSPS) is 9.90. The molecule has 0 aliphatic heterocycles. The number of halogens is 2. The van der Waals surface area contributed by atoms with Crippen LogP contribution < -0.4 is 40.6 Å². The molecule has 3 N–H and O–H groups in total. The van der Waals surface area contributed by atoms with Crippen molar-refractivity contribution in [1.82, 2.24) is 28.7 Å². The Hall–Kier alpha value is -5.35. The number of nitrogen functional groups attached to an aromatic ring is 1. The summed E-state index contributed by atoms with van der Waals surface area (Å²) in [6, 6.07) is 29.1. The van der Waals surface area contributed by atoms with E-state index in [-0.39, 0.29) is 64.3 Å². The van der Waals surface area contributed by atoms with Crippen LogP contribution in [0.25, 0.3) is 56.1 Å². The molecule has 4 aromatic carbocycles. The molecule has 8 aromatic rings. The molecule has 3 radical (unpaired) electrons. The summed E-state index contributed by atoms with van der Waals surface area (Å²) >= 11 is 0. The van der Waals surface area contributed by atoms with Crippen LogP contribution in [0.2, 0.25) is 0 Å². The third-order valence-electron chi connectivity index (χ3n) is 7.19. The van der Waals surface area contributed by atoms with E-state index >= 15 is 0 Å². The van der Waals surface area contributed by atoms with E-state index in [9.17, 15) is 8.78 Å². The van der Waals surface area contributed by atoms with E-state index in [2.05, 4.69) is 25.3 Å². The zero-order chi connectivity index (χ0) is 31.5. The van der Waals surface area contributed by atoms with E-state index in [1.54, 1.807) is 25.2 Å². The fourth-order valence-corrected chi connectivity index (χ4v) is 4.98. The van der Waals surface area contributed by atoms with Crippen molar-refractivity contribution >= 4 is 53.4 Å². The molecule has 8 rings (SSSR count). The van der Waals surface area contributed by atoms with Gasteiger partial charge in [0, 0.05) is 39.0 Å². The number of para-hydroxylation sites is 4. The summed E-state index contributed by atoms with van der Waals surface area (Å²) in [4.78, 5) is 18.0. The van der Waals surface area contributed by atoms with Crippen molar-refractivity contribution in [2.24, 2.45) is 0 Å². The van der Waals surface area contributed by atoms with Gasteiger partial charge in [-0.3, -0.25) is 8.80 Å². The van der Waals surface area contributed by atoms with Crippen LogP contribution in [-0.2, 0) is 0 Å². The topological polar surface area (TPSA) is 122 Å². The van der Waals surface area contributed by atoms with E-state index in [0.29, 0.717) is 34.2 Å². The van der Waals surface area contributed by atoms with Crippen LogP contribution in [0.1, 0.15) is 14.9 Å². The second kappa shape index (κ2) is 17.2. The molecule has 0 unspecified atom stereocenters. The van der Waals surface area contributed by atoms with Gasteiger partial charge in [0.1, 0.15) is 11.6 Å². The third-order valence-corrected chi connectivity index (χ3v) is 7.19. The number of rotatable bonds is 3. The van der Waals surface area contributed by atoms with Gasteiger partial charge in [0.05, 0.1) is 44.8 Å². The summed E-state index contributed by atoms with van der Waals surface area (Å²) in [6.45, 7) is 4.75. The molecule has 239 valence electrons. The Bertz CT molecular complexity index is 2360. The van der Waals surface area contributed by atoms with E-state index in [1.807, 2.05) is 87.9 Å². The molecule has 0 bridgehead atoms. The fourth-order valence-electron chi connectivity index (χ4n) is 4.98. The van der Waals surface area contributed by atoms with Crippen LogP contribution in [0.5, 0.6) is 0 Å². The van der Waals surface area contributed by atoms with Crippen LogP contribution >= 0.6 is 0 Å². The zero-order valence-electron chi connectivity index (χ0n) is 25.4. The van der Waals surface area contributed by atoms with Gasteiger partial charge in [0.15, 0.2) is 0 Å². The van der Waals surface area contributed by atoms with Crippen molar-refractivity contribution in [3.8, 4) is 22.5 Å². The summed E-state index contributed by atoms with van der Waals surface area (Å²) in [6.07, 6.45) is 3.80. The third kappa shape index (κ3) is 7.87. The van der Waals surface area contributed by atoms with Gasteiger partial charge in [0.2, 0.25) is 11.6 Å².